The Kier molecular flexibility index (Phi) is 4.28. The highest BCUT2D eigenvalue weighted by atomic mass is 32.1. The molecular weight excluding hydrogens is 339 g/mol. The summed E-state index contributed by atoms with van der Waals surface area (Å²) in [4.78, 5) is 2.39. The Hall–Kier alpha value is -2.24. The van der Waals surface area contributed by atoms with E-state index in [4.69, 9.17) is 5.10 Å². The van der Waals surface area contributed by atoms with Gasteiger partial charge in [0.05, 0.1) is 17.4 Å². The molecule has 0 unspecified atom stereocenters. The summed E-state index contributed by atoms with van der Waals surface area (Å²) >= 11 is 3.37. The molecule has 0 bridgehead atoms. The topological polar surface area (TPSA) is 15.6 Å². The fraction of sp³-hybridized carbons (Fsp3) is 0.105. The van der Waals surface area contributed by atoms with E-state index in [2.05, 4.69) is 23.6 Å². The van der Waals surface area contributed by atoms with E-state index < -0.39 is 0 Å². The first-order valence-corrected chi connectivity index (χ1v) is 9.43. The van der Waals surface area contributed by atoms with Gasteiger partial charge in [-0.05, 0) is 47.2 Å². The second-order valence-electron chi connectivity index (χ2n) is 5.47. The number of hydrazone groups is 1. The van der Waals surface area contributed by atoms with Crippen molar-refractivity contribution in [3.8, 4) is 0 Å². The van der Waals surface area contributed by atoms with Gasteiger partial charge in [-0.1, -0.05) is 24.3 Å². The standard InChI is InChI=1S/C19H15FN2S2/c20-16-6-1-2-7-17(16)22-18(19-8-4-12-24-19)13-14(21-22)9-10-15-5-3-11-23-15/h1-12,18H,13H2/b10-9+/t18-/m1/s1. The van der Waals surface area contributed by atoms with Crippen molar-refractivity contribution in [3.63, 3.8) is 0 Å². The molecule has 4 rings (SSSR count). The summed E-state index contributed by atoms with van der Waals surface area (Å²) in [7, 11) is 0. The molecule has 0 aliphatic carbocycles. The zero-order chi connectivity index (χ0) is 16.4. The second-order valence-corrected chi connectivity index (χ2v) is 7.43. The maximum Gasteiger partial charge on any atom is 0.148 e. The molecule has 24 heavy (non-hydrogen) atoms. The van der Waals surface area contributed by atoms with Crippen molar-refractivity contribution >= 4 is 40.1 Å². The minimum atomic E-state index is -0.244. The number of hydrogen-bond donors (Lipinski definition) is 0. The van der Waals surface area contributed by atoms with Crippen molar-refractivity contribution in [2.24, 2.45) is 5.10 Å². The van der Waals surface area contributed by atoms with Crippen LogP contribution in [0.25, 0.3) is 6.08 Å². The van der Waals surface area contributed by atoms with Crippen LogP contribution in [0.4, 0.5) is 10.1 Å². The molecule has 1 aliphatic heterocycles. The molecular formula is C19H15FN2S2. The molecule has 0 saturated heterocycles. The lowest BCUT2D eigenvalue weighted by molar-refractivity contribution is 0.608. The van der Waals surface area contributed by atoms with Crippen LogP contribution in [0, 0.1) is 5.82 Å². The fourth-order valence-corrected chi connectivity index (χ4v) is 4.19. The molecule has 0 N–H and O–H groups in total. The van der Waals surface area contributed by atoms with E-state index in [0.717, 1.165) is 12.1 Å². The van der Waals surface area contributed by atoms with Crippen LogP contribution in [0.5, 0.6) is 0 Å². The second kappa shape index (κ2) is 6.71. The van der Waals surface area contributed by atoms with Crippen molar-refractivity contribution < 1.29 is 4.39 Å². The minimum absolute atomic E-state index is 0.0462. The van der Waals surface area contributed by atoms with Gasteiger partial charge >= 0.3 is 0 Å². The van der Waals surface area contributed by atoms with Gasteiger partial charge in [0.25, 0.3) is 0 Å². The summed E-state index contributed by atoms with van der Waals surface area (Å²) in [6.45, 7) is 0. The highest BCUT2D eigenvalue weighted by Gasteiger charge is 2.30. The first kappa shape index (κ1) is 15.3. The van der Waals surface area contributed by atoms with E-state index in [1.165, 1.54) is 15.8 Å². The first-order chi connectivity index (χ1) is 11.8. The van der Waals surface area contributed by atoms with Crippen LogP contribution in [0.15, 0.2) is 70.5 Å². The summed E-state index contributed by atoms with van der Waals surface area (Å²) < 4.78 is 14.3. The van der Waals surface area contributed by atoms with Crippen LogP contribution < -0.4 is 5.01 Å². The number of hydrogen-bond acceptors (Lipinski definition) is 4. The number of halogens is 1. The molecule has 0 fully saturated rings. The molecule has 1 aliphatic rings. The van der Waals surface area contributed by atoms with Gasteiger partial charge < -0.3 is 0 Å². The Morgan fingerprint density at radius 3 is 2.58 bits per heavy atom. The third kappa shape index (κ3) is 3.05. The summed E-state index contributed by atoms with van der Waals surface area (Å²) in [5.74, 6) is -0.244. The van der Waals surface area contributed by atoms with Gasteiger partial charge in [0, 0.05) is 16.2 Å². The van der Waals surface area contributed by atoms with Gasteiger partial charge in [0.2, 0.25) is 0 Å². The van der Waals surface area contributed by atoms with E-state index >= 15 is 0 Å². The number of allylic oxidation sites excluding steroid dienone is 1. The Morgan fingerprint density at radius 1 is 1.00 bits per heavy atom. The van der Waals surface area contributed by atoms with Gasteiger partial charge in [-0.3, -0.25) is 5.01 Å². The van der Waals surface area contributed by atoms with Gasteiger partial charge in [0.15, 0.2) is 0 Å². The summed E-state index contributed by atoms with van der Waals surface area (Å²) in [5.41, 5.74) is 1.49. The molecule has 2 nitrogen and oxygen atoms in total. The zero-order valence-corrected chi connectivity index (χ0v) is 14.4. The lowest BCUT2D eigenvalue weighted by Gasteiger charge is -2.23. The van der Waals surface area contributed by atoms with Crippen LogP contribution in [0.1, 0.15) is 22.2 Å². The smallest absolute Gasteiger partial charge is 0.148 e. The van der Waals surface area contributed by atoms with Gasteiger partial charge in [-0.15, -0.1) is 22.7 Å². The van der Waals surface area contributed by atoms with Gasteiger partial charge in [-0.2, -0.15) is 5.10 Å². The fourth-order valence-electron chi connectivity index (χ4n) is 2.76. The third-order valence-corrected chi connectivity index (χ3v) is 5.70. The Bertz CT molecular complexity index is 867. The lowest BCUT2D eigenvalue weighted by atomic mass is 10.1. The molecule has 0 saturated carbocycles. The molecule has 120 valence electrons. The minimum Gasteiger partial charge on any atom is -0.254 e. The van der Waals surface area contributed by atoms with Gasteiger partial charge in [0.1, 0.15) is 5.82 Å². The molecule has 3 heterocycles. The highest BCUT2D eigenvalue weighted by molar-refractivity contribution is 7.10. The number of rotatable bonds is 4. The van der Waals surface area contributed by atoms with Crippen LogP contribution >= 0.6 is 22.7 Å². The summed E-state index contributed by atoms with van der Waals surface area (Å²) in [5, 5.41) is 10.6. The van der Waals surface area contributed by atoms with Crippen molar-refractivity contribution in [1.82, 2.24) is 0 Å². The van der Waals surface area contributed by atoms with Crippen LogP contribution in [-0.4, -0.2) is 5.71 Å². The summed E-state index contributed by atoms with van der Waals surface area (Å²) in [6, 6.07) is 15.1. The number of para-hydroxylation sites is 1. The van der Waals surface area contributed by atoms with E-state index in [9.17, 15) is 4.39 Å². The van der Waals surface area contributed by atoms with Crippen LogP contribution in [0.3, 0.4) is 0 Å². The SMILES string of the molecule is Fc1ccccc1N1N=C(/C=C/c2cccs2)C[C@@H]1c1cccs1. The largest absolute Gasteiger partial charge is 0.254 e. The van der Waals surface area contributed by atoms with Gasteiger partial charge in [-0.25, -0.2) is 4.39 Å². The Balaban J connectivity index is 1.68. The quantitative estimate of drug-likeness (QED) is 0.563. The average Bonchev–Trinajstić information content (AvgIpc) is 3.34. The zero-order valence-electron chi connectivity index (χ0n) is 12.8. The van der Waals surface area contributed by atoms with Crippen molar-refractivity contribution in [2.45, 2.75) is 12.5 Å². The molecule has 0 amide bonds. The first-order valence-electron chi connectivity index (χ1n) is 7.67. The Labute approximate surface area is 148 Å². The van der Waals surface area contributed by atoms with Crippen molar-refractivity contribution in [3.05, 3.63) is 80.9 Å². The maximum atomic E-state index is 14.3. The van der Waals surface area contributed by atoms with Crippen molar-refractivity contribution in [1.29, 1.82) is 0 Å². The van der Waals surface area contributed by atoms with E-state index in [-0.39, 0.29) is 11.9 Å². The predicted molar refractivity (Wildman–Crippen MR) is 101 cm³/mol. The highest BCUT2D eigenvalue weighted by Crippen LogP contribution is 2.38. The van der Waals surface area contributed by atoms with E-state index in [0.29, 0.717) is 5.69 Å². The van der Waals surface area contributed by atoms with E-state index in [1.807, 2.05) is 34.7 Å². The normalized spacial score (nSPS) is 17.6. The number of anilines is 1. The van der Waals surface area contributed by atoms with E-state index in [1.54, 1.807) is 34.8 Å². The summed E-state index contributed by atoms with van der Waals surface area (Å²) in [6.07, 6.45) is 4.88. The van der Waals surface area contributed by atoms with Crippen LogP contribution in [0.2, 0.25) is 0 Å². The Morgan fingerprint density at radius 2 is 1.83 bits per heavy atom. The molecule has 0 spiro atoms. The molecule has 1 atom stereocenters. The number of benzene rings is 1. The third-order valence-electron chi connectivity index (χ3n) is 3.89. The van der Waals surface area contributed by atoms with Crippen molar-refractivity contribution in [2.75, 3.05) is 5.01 Å². The monoisotopic (exact) mass is 354 g/mol. The lowest BCUT2D eigenvalue weighted by Crippen LogP contribution is -2.18. The molecule has 5 heteroatoms. The molecule has 2 aromatic heterocycles. The number of nitrogens with zero attached hydrogens (tertiary/aromatic N) is 2. The molecule has 0 radical (unpaired) electrons. The maximum absolute atomic E-state index is 14.3. The predicted octanol–water partition coefficient (Wildman–Crippen LogP) is 5.97. The average molecular weight is 354 g/mol. The van der Waals surface area contributed by atoms with Crippen LogP contribution in [-0.2, 0) is 0 Å². The number of thiophene rings is 2. The molecule has 1 aromatic carbocycles. The molecule has 3 aromatic rings.